The average molecular weight is 415 g/mol. The number of nitrogens with zero attached hydrogens (tertiary/aromatic N) is 3. The van der Waals surface area contributed by atoms with E-state index in [1.165, 1.54) is 27.6 Å². The summed E-state index contributed by atoms with van der Waals surface area (Å²) in [4.78, 5) is 26.3. The fourth-order valence-electron chi connectivity index (χ4n) is 2.42. The molecular weight excluding hydrogens is 395 g/mol. The van der Waals surface area contributed by atoms with Crippen molar-refractivity contribution in [3.8, 4) is 11.6 Å². The molecule has 10 heteroatoms. The normalized spacial score (nSPS) is 10.7. The number of aromatic hydroxyl groups is 2. The lowest BCUT2D eigenvalue weighted by molar-refractivity contribution is 0.0782. The molecule has 4 N–H and O–H groups in total. The first kappa shape index (κ1) is 20.7. The van der Waals surface area contributed by atoms with E-state index >= 15 is 0 Å². The fourth-order valence-corrected chi connectivity index (χ4v) is 2.74. The van der Waals surface area contributed by atoms with Gasteiger partial charge in [-0.05, 0) is 17.7 Å². The molecule has 0 aliphatic heterocycles. The van der Waals surface area contributed by atoms with Gasteiger partial charge in [0.2, 0.25) is 5.88 Å². The summed E-state index contributed by atoms with van der Waals surface area (Å²) in [7, 11) is 3.05. The first-order valence-corrected chi connectivity index (χ1v) is 8.68. The number of hydrogen-bond donors (Lipinski definition) is 3. The Morgan fingerprint density at radius 2 is 1.81 bits per heavy atom. The SMILES string of the molecule is CN(CCn1cc(C(=O)N(C)Cc2ccc(Cl)c(Cl)c2)c(O)c1O)C(N)=O. The van der Waals surface area contributed by atoms with Gasteiger partial charge in [-0.1, -0.05) is 29.3 Å². The number of benzene rings is 1. The van der Waals surface area contributed by atoms with Gasteiger partial charge in [0, 0.05) is 39.9 Å². The van der Waals surface area contributed by atoms with Crippen LogP contribution in [0.1, 0.15) is 15.9 Å². The van der Waals surface area contributed by atoms with Gasteiger partial charge in [-0.25, -0.2) is 4.79 Å². The number of rotatable bonds is 6. The van der Waals surface area contributed by atoms with Gasteiger partial charge in [-0.15, -0.1) is 0 Å². The smallest absolute Gasteiger partial charge is 0.314 e. The number of urea groups is 1. The Hall–Kier alpha value is -2.58. The van der Waals surface area contributed by atoms with Crippen LogP contribution in [0.5, 0.6) is 11.6 Å². The summed E-state index contributed by atoms with van der Waals surface area (Å²) in [5.74, 6) is -1.47. The second-order valence-electron chi connectivity index (χ2n) is 6.08. The van der Waals surface area contributed by atoms with E-state index in [4.69, 9.17) is 28.9 Å². The molecule has 8 nitrogen and oxygen atoms in total. The maximum atomic E-state index is 12.6. The molecule has 0 radical (unpaired) electrons. The molecule has 0 aliphatic rings. The topological polar surface area (TPSA) is 112 Å². The van der Waals surface area contributed by atoms with Crippen LogP contribution in [0.4, 0.5) is 4.79 Å². The molecule has 1 aromatic carbocycles. The zero-order valence-corrected chi connectivity index (χ0v) is 16.3. The number of nitrogens with two attached hydrogens (primary N) is 1. The molecule has 0 saturated heterocycles. The summed E-state index contributed by atoms with van der Waals surface area (Å²) in [6, 6.07) is 4.39. The van der Waals surface area contributed by atoms with Crippen molar-refractivity contribution in [1.29, 1.82) is 0 Å². The number of likely N-dealkylation sites (N-methyl/N-ethyl adjacent to an activating group) is 1. The quantitative estimate of drug-likeness (QED) is 0.673. The van der Waals surface area contributed by atoms with E-state index in [0.717, 1.165) is 5.56 Å². The Bertz CT molecular complexity index is 869. The van der Waals surface area contributed by atoms with Gasteiger partial charge < -0.3 is 30.3 Å². The average Bonchev–Trinajstić information content (AvgIpc) is 2.90. The van der Waals surface area contributed by atoms with Crippen molar-refractivity contribution in [2.45, 2.75) is 13.1 Å². The van der Waals surface area contributed by atoms with E-state index in [9.17, 15) is 19.8 Å². The van der Waals surface area contributed by atoms with E-state index in [1.807, 2.05) is 0 Å². The van der Waals surface area contributed by atoms with E-state index in [0.29, 0.717) is 10.0 Å². The second-order valence-corrected chi connectivity index (χ2v) is 6.89. The van der Waals surface area contributed by atoms with Crippen molar-refractivity contribution in [2.24, 2.45) is 5.73 Å². The number of primary amides is 1. The van der Waals surface area contributed by atoms with E-state index in [-0.39, 0.29) is 25.2 Å². The van der Waals surface area contributed by atoms with Crippen molar-refractivity contribution >= 4 is 35.1 Å². The van der Waals surface area contributed by atoms with Crippen LogP contribution >= 0.6 is 23.2 Å². The number of aromatic nitrogens is 1. The number of carbonyl (C=O) groups is 2. The highest BCUT2D eigenvalue weighted by molar-refractivity contribution is 6.42. The fraction of sp³-hybridized carbons (Fsp3) is 0.294. The largest absolute Gasteiger partial charge is 0.503 e. The summed E-state index contributed by atoms with van der Waals surface area (Å²) in [5, 5.41) is 20.9. The maximum Gasteiger partial charge on any atom is 0.314 e. The van der Waals surface area contributed by atoms with Gasteiger partial charge in [0.15, 0.2) is 5.75 Å². The lowest BCUT2D eigenvalue weighted by atomic mass is 10.2. The standard InChI is InChI=1S/C17H20Cl2N4O4/c1-21(17(20)27)5-6-23-9-11(14(24)16(23)26)15(25)22(2)8-10-3-4-12(18)13(19)7-10/h3-4,7,9,24,26H,5-6,8H2,1-2H3,(H2,20,27). The number of carbonyl (C=O) groups excluding carboxylic acids is 2. The molecule has 0 saturated carbocycles. The van der Waals surface area contributed by atoms with Crippen LogP contribution in [-0.4, -0.2) is 57.2 Å². The second kappa shape index (κ2) is 8.41. The Balaban J connectivity index is 2.14. The Labute approximate surface area is 166 Å². The Morgan fingerprint density at radius 1 is 1.15 bits per heavy atom. The molecule has 0 fully saturated rings. The minimum Gasteiger partial charge on any atom is -0.503 e. The van der Waals surface area contributed by atoms with Gasteiger partial charge in [-0.3, -0.25) is 4.79 Å². The van der Waals surface area contributed by atoms with Gasteiger partial charge in [0.25, 0.3) is 5.91 Å². The first-order valence-electron chi connectivity index (χ1n) is 7.92. The minimum absolute atomic E-state index is 0.0585. The molecule has 2 rings (SSSR count). The van der Waals surface area contributed by atoms with Crippen LogP contribution in [0.2, 0.25) is 10.0 Å². The zero-order valence-electron chi connectivity index (χ0n) is 14.8. The monoisotopic (exact) mass is 414 g/mol. The summed E-state index contributed by atoms with van der Waals surface area (Å²) in [6.07, 6.45) is 1.33. The van der Waals surface area contributed by atoms with E-state index < -0.39 is 23.6 Å². The predicted molar refractivity (Wildman–Crippen MR) is 102 cm³/mol. The third kappa shape index (κ3) is 4.78. The van der Waals surface area contributed by atoms with Crippen molar-refractivity contribution in [3.05, 3.63) is 45.6 Å². The van der Waals surface area contributed by atoms with Crippen LogP contribution in [0.15, 0.2) is 24.4 Å². The van der Waals surface area contributed by atoms with Crippen molar-refractivity contribution in [2.75, 3.05) is 20.6 Å². The van der Waals surface area contributed by atoms with E-state index in [1.54, 1.807) is 25.2 Å². The molecule has 0 aliphatic carbocycles. The first-order chi connectivity index (χ1) is 12.6. The lowest BCUT2D eigenvalue weighted by Gasteiger charge is -2.17. The number of amides is 3. The molecule has 2 aromatic rings. The Morgan fingerprint density at radius 3 is 2.41 bits per heavy atom. The molecule has 0 unspecified atom stereocenters. The van der Waals surface area contributed by atoms with Crippen LogP contribution in [-0.2, 0) is 13.1 Å². The van der Waals surface area contributed by atoms with Crippen LogP contribution in [0.3, 0.4) is 0 Å². The molecule has 0 atom stereocenters. The van der Waals surface area contributed by atoms with Crippen molar-refractivity contribution in [3.63, 3.8) is 0 Å². The molecule has 27 heavy (non-hydrogen) atoms. The van der Waals surface area contributed by atoms with Crippen LogP contribution < -0.4 is 5.73 Å². The lowest BCUT2D eigenvalue weighted by Crippen LogP contribution is -2.34. The van der Waals surface area contributed by atoms with Crippen LogP contribution in [0.25, 0.3) is 0 Å². The molecule has 0 spiro atoms. The summed E-state index contributed by atoms with van der Waals surface area (Å²) >= 11 is 11.9. The van der Waals surface area contributed by atoms with Gasteiger partial charge in [0.1, 0.15) is 5.56 Å². The van der Waals surface area contributed by atoms with E-state index in [2.05, 4.69) is 0 Å². The highest BCUT2D eigenvalue weighted by Gasteiger charge is 2.23. The zero-order chi connectivity index (χ0) is 20.3. The summed E-state index contributed by atoms with van der Waals surface area (Å²) < 4.78 is 1.27. The molecule has 1 aromatic heterocycles. The molecule has 3 amide bonds. The number of halogens is 2. The van der Waals surface area contributed by atoms with Crippen molar-refractivity contribution in [1.82, 2.24) is 14.4 Å². The van der Waals surface area contributed by atoms with Crippen LogP contribution in [0, 0.1) is 0 Å². The molecule has 146 valence electrons. The highest BCUT2D eigenvalue weighted by Crippen LogP contribution is 2.32. The molecule has 0 bridgehead atoms. The third-order valence-corrected chi connectivity index (χ3v) is 4.80. The van der Waals surface area contributed by atoms with Crippen molar-refractivity contribution < 1.29 is 19.8 Å². The maximum absolute atomic E-state index is 12.6. The predicted octanol–water partition coefficient (Wildman–Crippen LogP) is 2.49. The number of hydrogen-bond acceptors (Lipinski definition) is 4. The van der Waals surface area contributed by atoms with Gasteiger partial charge >= 0.3 is 6.03 Å². The molecule has 1 heterocycles. The van der Waals surface area contributed by atoms with Gasteiger partial charge in [0.05, 0.1) is 10.0 Å². The summed E-state index contributed by atoms with van der Waals surface area (Å²) in [6.45, 7) is 0.581. The third-order valence-electron chi connectivity index (χ3n) is 4.06. The molecular formula is C17H20Cl2N4O4. The Kier molecular flexibility index (Phi) is 6.45. The van der Waals surface area contributed by atoms with Gasteiger partial charge in [-0.2, -0.15) is 0 Å². The summed E-state index contributed by atoms with van der Waals surface area (Å²) in [5.41, 5.74) is 5.84. The highest BCUT2D eigenvalue weighted by atomic mass is 35.5. The minimum atomic E-state index is -0.622.